The molecule has 0 aliphatic heterocycles. The number of benzene rings is 3. The van der Waals surface area contributed by atoms with Gasteiger partial charge in [-0.2, -0.15) is 0 Å². The van der Waals surface area contributed by atoms with Crippen molar-refractivity contribution < 1.29 is 19.1 Å². The zero-order valence-electron chi connectivity index (χ0n) is 26.3. The molecule has 0 aliphatic carbocycles. The van der Waals surface area contributed by atoms with Crippen LogP contribution in [0.4, 0.5) is 10.5 Å². The van der Waals surface area contributed by atoms with E-state index in [9.17, 15) is 14.4 Å². The molecule has 3 amide bonds. The van der Waals surface area contributed by atoms with Crippen molar-refractivity contribution in [2.45, 2.75) is 92.0 Å². The number of anilines is 1. The topological polar surface area (TPSA) is 87.7 Å². The number of ether oxygens (including phenoxy) is 1. The van der Waals surface area contributed by atoms with Crippen LogP contribution in [-0.4, -0.2) is 40.5 Å². The van der Waals surface area contributed by atoms with E-state index in [1.807, 2.05) is 93.6 Å². The molecule has 7 nitrogen and oxygen atoms in total. The Morgan fingerprint density at radius 1 is 0.810 bits per heavy atom. The number of carbonyl (C=O) groups is 3. The highest BCUT2D eigenvalue weighted by Gasteiger charge is 2.40. The van der Waals surface area contributed by atoms with Gasteiger partial charge < -0.3 is 20.3 Å². The number of nitrogens with zero attached hydrogens (tertiary/aromatic N) is 1. The maximum absolute atomic E-state index is 14.5. The quantitative estimate of drug-likeness (QED) is 0.246. The molecule has 0 spiro atoms. The van der Waals surface area contributed by atoms with Crippen LogP contribution in [0.5, 0.6) is 0 Å². The van der Waals surface area contributed by atoms with E-state index in [4.69, 9.17) is 4.74 Å². The summed E-state index contributed by atoms with van der Waals surface area (Å²) in [6, 6.07) is 21.0. The molecule has 0 aromatic heterocycles. The predicted octanol–water partition coefficient (Wildman–Crippen LogP) is 7.72. The Kier molecular flexibility index (Phi) is 11.1. The van der Waals surface area contributed by atoms with Gasteiger partial charge in [-0.05, 0) is 80.8 Å². The van der Waals surface area contributed by atoms with E-state index >= 15 is 0 Å². The molecular weight excluding hydrogens is 526 g/mol. The minimum Gasteiger partial charge on any atom is -0.444 e. The molecule has 42 heavy (non-hydrogen) atoms. The molecule has 3 unspecified atom stereocenters. The molecule has 2 N–H and O–H groups in total. The monoisotopic (exact) mass is 573 g/mol. The normalized spacial score (nSPS) is 13.9. The summed E-state index contributed by atoms with van der Waals surface area (Å²) in [7, 11) is 0. The number of fused-ring (bicyclic) bond motifs is 1. The molecule has 0 saturated carbocycles. The van der Waals surface area contributed by atoms with E-state index < -0.39 is 23.8 Å². The number of alkyl carbamates (subject to hydrolysis) is 1. The summed E-state index contributed by atoms with van der Waals surface area (Å²) in [5, 5.41) is 7.96. The number of carbonyl (C=O) groups excluding carboxylic acids is 3. The molecule has 0 saturated heterocycles. The maximum Gasteiger partial charge on any atom is 0.408 e. The third kappa shape index (κ3) is 9.07. The van der Waals surface area contributed by atoms with Gasteiger partial charge in [0.25, 0.3) is 5.91 Å². The summed E-state index contributed by atoms with van der Waals surface area (Å²) in [6.07, 6.45) is 0.916. The van der Waals surface area contributed by atoms with E-state index in [1.165, 1.54) is 0 Å². The maximum atomic E-state index is 14.5. The predicted molar refractivity (Wildman–Crippen MR) is 170 cm³/mol. The summed E-state index contributed by atoms with van der Waals surface area (Å²) in [6.45, 7) is 15.4. The first-order chi connectivity index (χ1) is 19.8. The summed E-state index contributed by atoms with van der Waals surface area (Å²) >= 11 is 0. The standard InChI is InChI=1S/C35H47N3O4/c1-23(2)18-19-25(5)38(33(40)30(24(3)4)37-34(41)42-35(6,7)8)31(27-15-10-9-11-16-27)32(39)36-29-21-20-26-14-12-13-17-28(26)22-29/h9-17,20-25,30-31H,18-19H2,1-8H3,(H,36,39)(H,37,41). The summed E-state index contributed by atoms with van der Waals surface area (Å²) in [5.41, 5.74) is 0.625. The Morgan fingerprint density at radius 3 is 2.02 bits per heavy atom. The first-order valence-corrected chi connectivity index (χ1v) is 14.9. The highest BCUT2D eigenvalue weighted by atomic mass is 16.6. The van der Waals surface area contributed by atoms with Crippen molar-refractivity contribution >= 4 is 34.4 Å². The minimum absolute atomic E-state index is 0.246. The summed E-state index contributed by atoms with van der Waals surface area (Å²) in [4.78, 5) is 43.2. The van der Waals surface area contributed by atoms with Crippen molar-refractivity contribution in [3.05, 3.63) is 78.4 Å². The largest absolute Gasteiger partial charge is 0.444 e. The SMILES string of the molecule is CC(C)CCC(C)N(C(=O)C(NC(=O)OC(C)(C)C)C(C)C)C(C(=O)Nc1ccc2ccccc2c1)c1ccccc1. The average Bonchev–Trinajstić information content (AvgIpc) is 2.92. The third-order valence-electron chi connectivity index (χ3n) is 7.15. The smallest absolute Gasteiger partial charge is 0.408 e. The van der Waals surface area contributed by atoms with E-state index in [0.717, 1.165) is 17.2 Å². The molecule has 0 fully saturated rings. The van der Waals surface area contributed by atoms with Crippen molar-refractivity contribution in [1.29, 1.82) is 0 Å². The summed E-state index contributed by atoms with van der Waals surface area (Å²) in [5.74, 6) is -0.466. The van der Waals surface area contributed by atoms with Gasteiger partial charge in [-0.3, -0.25) is 9.59 Å². The van der Waals surface area contributed by atoms with Crippen molar-refractivity contribution in [2.24, 2.45) is 11.8 Å². The molecule has 3 atom stereocenters. The highest BCUT2D eigenvalue weighted by molar-refractivity contribution is 6.00. The molecule has 3 rings (SSSR count). The molecular formula is C35H47N3O4. The van der Waals surface area contributed by atoms with Crippen LogP contribution in [0.25, 0.3) is 10.8 Å². The minimum atomic E-state index is -0.922. The lowest BCUT2D eigenvalue weighted by molar-refractivity contribution is -0.144. The molecule has 3 aromatic carbocycles. The molecule has 0 bridgehead atoms. The number of hydrogen-bond acceptors (Lipinski definition) is 4. The van der Waals surface area contributed by atoms with Crippen LogP contribution in [0, 0.1) is 11.8 Å². The third-order valence-corrected chi connectivity index (χ3v) is 7.15. The van der Waals surface area contributed by atoms with E-state index in [1.54, 1.807) is 25.7 Å². The lowest BCUT2D eigenvalue weighted by Gasteiger charge is -2.39. The molecule has 226 valence electrons. The van der Waals surface area contributed by atoms with Crippen LogP contribution in [0.2, 0.25) is 0 Å². The van der Waals surface area contributed by atoms with E-state index in [-0.39, 0.29) is 23.8 Å². The van der Waals surface area contributed by atoms with Gasteiger partial charge in [0, 0.05) is 11.7 Å². The summed E-state index contributed by atoms with van der Waals surface area (Å²) < 4.78 is 5.49. The van der Waals surface area contributed by atoms with Gasteiger partial charge in [-0.1, -0.05) is 88.4 Å². The fraction of sp³-hybridized carbons (Fsp3) is 0.457. The number of amides is 3. The zero-order chi connectivity index (χ0) is 31.0. The second-order valence-electron chi connectivity index (χ2n) is 12.8. The number of nitrogens with one attached hydrogen (secondary N) is 2. The van der Waals surface area contributed by atoms with Gasteiger partial charge in [-0.15, -0.1) is 0 Å². The number of rotatable bonds is 11. The number of hydrogen-bond donors (Lipinski definition) is 2. The Balaban J connectivity index is 2.05. The highest BCUT2D eigenvalue weighted by Crippen LogP contribution is 2.30. The molecule has 0 heterocycles. The lowest BCUT2D eigenvalue weighted by atomic mass is 9.95. The van der Waals surface area contributed by atoms with Gasteiger partial charge in [0.2, 0.25) is 5.91 Å². The van der Waals surface area contributed by atoms with Crippen LogP contribution in [0.1, 0.15) is 79.8 Å². The Hall–Kier alpha value is -3.87. The van der Waals surface area contributed by atoms with Crippen molar-refractivity contribution in [2.75, 3.05) is 5.32 Å². The second-order valence-corrected chi connectivity index (χ2v) is 12.8. The molecule has 7 heteroatoms. The second kappa shape index (κ2) is 14.3. The van der Waals surface area contributed by atoms with Crippen molar-refractivity contribution in [3.63, 3.8) is 0 Å². The first kappa shape index (κ1) is 32.6. The van der Waals surface area contributed by atoms with Crippen LogP contribution in [0.15, 0.2) is 72.8 Å². The van der Waals surface area contributed by atoms with Crippen LogP contribution in [-0.2, 0) is 14.3 Å². The van der Waals surface area contributed by atoms with Gasteiger partial charge in [-0.25, -0.2) is 4.79 Å². The fourth-order valence-corrected chi connectivity index (χ4v) is 4.97. The zero-order valence-corrected chi connectivity index (χ0v) is 26.3. The molecule has 3 aromatic rings. The van der Waals surface area contributed by atoms with Gasteiger partial charge in [0.15, 0.2) is 0 Å². The lowest BCUT2D eigenvalue weighted by Crippen LogP contribution is -2.56. The van der Waals surface area contributed by atoms with Gasteiger partial charge >= 0.3 is 6.09 Å². The van der Waals surface area contributed by atoms with E-state index in [2.05, 4.69) is 24.5 Å². The van der Waals surface area contributed by atoms with Gasteiger partial charge in [0.05, 0.1) is 0 Å². The Bertz CT molecular complexity index is 1350. The Labute approximate surface area is 251 Å². The van der Waals surface area contributed by atoms with Crippen LogP contribution < -0.4 is 10.6 Å². The average molecular weight is 574 g/mol. The van der Waals surface area contributed by atoms with Crippen LogP contribution in [0.3, 0.4) is 0 Å². The Morgan fingerprint density at radius 2 is 1.43 bits per heavy atom. The van der Waals surface area contributed by atoms with Gasteiger partial charge in [0.1, 0.15) is 17.7 Å². The van der Waals surface area contributed by atoms with E-state index in [0.29, 0.717) is 23.6 Å². The van der Waals surface area contributed by atoms with Crippen LogP contribution >= 0.6 is 0 Å². The van der Waals surface area contributed by atoms with Crippen molar-refractivity contribution in [3.8, 4) is 0 Å². The van der Waals surface area contributed by atoms with Crippen molar-refractivity contribution in [1.82, 2.24) is 10.2 Å². The molecule has 0 aliphatic rings. The fourth-order valence-electron chi connectivity index (χ4n) is 4.97. The first-order valence-electron chi connectivity index (χ1n) is 14.9. The molecule has 0 radical (unpaired) electrons.